The van der Waals surface area contributed by atoms with Crippen molar-refractivity contribution in [1.82, 2.24) is 9.88 Å². The number of hydrogen-bond donors (Lipinski definition) is 0. The number of benzene rings is 1. The van der Waals surface area contributed by atoms with Crippen LogP contribution in [0.2, 0.25) is 0 Å². The van der Waals surface area contributed by atoms with Gasteiger partial charge in [0.15, 0.2) is 11.5 Å². The zero-order chi connectivity index (χ0) is 14.8. The highest BCUT2D eigenvalue weighted by Gasteiger charge is 2.23. The second-order valence-corrected chi connectivity index (χ2v) is 5.61. The number of methoxy groups -OCH3 is 2. The lowest BCUT2D eigenvalue weighted by atomic mass is 10.2. The molecule has 2 aromatic rings. The first-order valence-electron chi connectivity index (χ1n) is 6.70. The molecular formula is C15H16N2O3S. The third-order valence-electron chi connectivity index (χ3n) is 3.50. The Balaban J connectivity index is 1.87. The Bertz CT molecular complexity index is 665. The van der Waals surface area contributed by atoms with Crippen molar-refractivity contribution in [3.8, 4) is 22.1 Å². The van der Waals surface area contributed by atoms with E-state index >= 15 is 0 Å². The first-order chi connectivity index (χ1) is 10.2. The molecule has 0 N–H and O–H groups in total. The summed E-state index contributed by atoms with van der Waals surface area (Å²) in [5.41, 5.74) is 1.43. The van der Waals surface area contributed by atoms with Crippen LogP contribution in [-0.2, 0) is 0 Å². The molecular weight excluding hydrogens is 288 g/mol. The lowest BCUT2D eigenvalue weighted by Crippen LogP contribution is -2.42. The summed E-state index contributed by atoms with van der Waals surface area (Å²) in [6.07, 6.45) is 1.08. The number of nitrogens with zero attached hydrogens (tertiary/aromatic N) is 2. The summed E-state index contributed by atoms with van der Waals surface area (Å²) in [7, 11) is 3.20. The quantitative estimate of drug-likeness (QED) is 0.871. The van der Waals surface area contributed by atoms with Crippen molar-refractivity contribution in [1.29, 1.82) is 0 Å². The first kappa shape index (κ1) is 13.9. The number of rotatable bonds is 4. The molecule has 0 radical (unpaired) electrons. The van der Waals surface area contributed by atoms with Crippen molar-refractivity contribution in [3.05, 3.63) is 29.3 Å². The van der Waals surface area contributed by atoms with E-state index in [-0.39, 0.29) is 5.91 Å². The number of ether oxygens (including phenoxy) is 2. The molecule has 2 heterocycles. The van der Waals surface area contributed by atoms with Gasteiger partial charge in [0.1, 0.15) is 10.7 Å². The summed E-state index contributed by atoms with van der Waals surface area (Å²) in [4.78, 5) is 18.4. The van der Waals surface area contributed by atoms with E-state index < -0.39 is 0 Å². The van der Waals surface area contributed by atoms with Gasteiger partial charge in [-0.3, -0.25) is 4.79 Å². The van der Waals surface area contributed by atoms with E-state index in [1.807, 2.05) is 28.5 Å². The highest BCUT2D eigenvalue weighted by atomic mass is 32.1. The summed E-state index contributed by atoms with van der Waals surface area (Å²) in [6, 6.07) is 5.63. The molecule has 5 nitrogen and oxygen atoms in total. The molecule has 6 heteroatoms. The summed E-state index contributed by atoms with van der Waals surface area (Å²) >= 11 is 1.46. The maximum Gasteiger partial charge on any atom is 0.273 e. The van der Waals surface area contributed by atoms with Crippen LogP contribution in [0.4, 0.5) is 0 Å². The Kier molecular flexibility index (Phi) is 3.79. The summed E-state index contributed by atoms with van der Waals surface area (Å²) in [5.74, 6) is 1.35. The highest BCUT2D eigenvalue weighted by Crippen LogP contribution is 2.33. The van der Waals surface area contributed by atoms with Gasteiger partial charge in [-0.05, 0) is 24.6 Å². The normalized spacial score (nSPS) is 13.7. The van der Waals surface area contributed by atoms with Crippen LogP contribution >= 0.6 is 11.3 Å². The standard InChI is InChI=1S/C15H16N2O3S/c1-19-12-5-4-10(8-13(12)20-2)14-16-11(9-21-14)15(18)17-6-3-7-17/h4-5,8-9H,3,6-7H2,1-2H3. The minimum absolute atomic E-state index is 0.0178. The maximum atomic E-state index is 12.1. The van der Waals surface area contributed by atoms with E-state index in [1.54, 1.807) is 14.2 Å². The fourth-order valence-corrected chi connectivity index (χ4v) is 2.95. The van der Waals surface area contributed by atoms with E-state index in [9.17, 15) is 4.79 Å². The van der Waals surface area contributed by atoms with E-state index in [2.05, 4.69) is 4.98 Å². The molecule has 1 fully saturated rings. The predicted molar refractivity (Wildman–Crippen MR) is 81.2 cm³/mol. The Hall–Kier alpha value is -2.08. The van der Waals surface area contributed by atoms with Crippen LogP contribution in [0.3, 0.4) is 0 Å². The number of thiazole rings is 1. The molecule has 0 saturated carbocycles. The Morgan fingerprint density at radius 1 is 1.24 bits per heavy atom. The second kappa shape index (κ2) is 5.73. The molecule has 1 aromatic carbocycles. The van der Waals surface area contributed by atoms with Crippen molar-refractivity contribution in [2.45, 2.75) is 6.42 Å². The molecule has 110 valence electrons. The maximum absolute atomic E-state index is 12.1. The van der Waals surface area contributed by atoms with Crippen LogP contribution in [-0.4, -0.2) is 43.1 Å². The van der Waals surface area contributed by atoms with Crippen molar-refractivity contribution in [2.24, 2.45) is 0 Å². The van der Waals surface area contributed by atoms with Crippen molar-refractivity contribution in [3.63, 3.8) is 0 Å². The fourth-order valence-electron chi connectivity index (χ4n) is 2.16. The van der Waals surface area contributed by atoms with Crippen LogP contribution in [0.5, 0.6) is 11.5 Å². The molecule has 0 bridgehead atoms. The Morgan fingerprint density at radius 3 is 2.62 bits per heavy atom. The largest absolute Gasteiger partial charge is 0.493 e. The molecule has 0 atom stereocenters. The van der Waals surface area contributed by atoms with E-state index in [1.165, 1.54) is 11.3 Å². The minimum Gasteiger partial charge on any atom is -0.493 e. The van der Waals surface area contributed by atoms with Crippen LogP contribution in [0.15, 0.2) is 23.6 Å². The number of hydrogen-bond acceptors (Lipinski definition) is 5. The first-order valence-corrected chi connectivity index (χ1v) is 7.58. The van der Waals surface area contributed by atoms with Crippen molar-refractivity contribution < 1.29 is 14.3 Å². The average Bonchev–Trinajstić information content (AvgIpc) is 2.94. The summed E-state index contributed by atoms with van der Waals surface area (Å²) in [6.45, 7) is 1.67. The number of aromatic nitrogens is 1. The number of carbonyl (C=O) groups is 1. The molecule has 1 aliphatic heterocycles. The Morgan fingerprint density at radius 2 is 2.00 bits per heavy atom. The second-order valence-electron chi connectivity index (χ2n) is 4.75. The summed E-state index contributed by atoms with van der Waals surface area (Å²) in [5, 5.41) is 2.62. The van der Waals surface area contributed by atoms with Crippen LogP contribution in [0, 0.1) is 0 Å². The lowest BCUT2D eigenvalue weighted by molar-refractivity contribution is 0.0646. The van der Waals surface area contributed by atoms with Gasteiger partial charge in [-0.15, -0.1) is 11.3 Å². The topological polar surface area (TPSA) is 51.7 Å². The fraction of sp³-hybridized carbons (Fsp3) is 0.333. The third-order valence-corrected chi connectivity index (χ3v) is 4.39. The minimum atomic E-state index is 0.0178. The van der Waals surface area contributed by atoms with Crippen LogP contribution in [0.25, 0.3) is 10.6 Å². The van der Waals surface area contributed by atoms with Gasteiger partial charge in [0.05, 0.1) is 14.2 Å². The molecule has 1 amide bonds. The van der Waals surface area contributed by atoms with Gasteiger partial charge in [-0.25, -0.2) is 4.98 Å². The molecule has 1 saturated heterocycles. The molecule has 0 unspecified atom stereocenters. The zero-order valence-corrected chi connectivity index (χ0v) is 12.8. The smallest absolute Gasteiger partial charge is 0.273 e. The van der Waals surface area contributed by atoms with Gasteiger partial charge < -0.3 is 14.4 Å². The zero-order valence-electron chi connectivity index (χ0n) is 12.0. The molecule has 1 aliphatic rings. The molecule has 0 aliphatic carbocycles. The van der Waals surface area contributed by atoms with Gasteiger partial charge in [0, 0.05) is 24.0 Å². The number of likely N-dealkylation sites (tertiary alicyclic amines) is 1. The predicted octanol–water partition coefficient (Wildman–Crippen LogP) is 2.67. The van der Waals surface area contributed by atoms with E-state index in [0.717, 1.165) is 30.1 Å². The van der Waals surface area contributed by atoms with Gasteiger partial charge >= 0.3 is 0 Å². The summed E-state index contributed by atoms with van der Waals surface area (Å²) < 4.78 is 10.5. The van der Waals surface area contributed by atoms with Crippen LogP contribution in [0.1, 0.15) is 16.9 Å². The van der Waals surface area contributed by atoms with Gasteiger partial charge in [0.2, 0.25) is 0 Å². The van der Waals surface area contributed by atoms with E-state index in [4.69, 9.17) is 9.47 Å². The lowest BCUT2D eigenvalue weighted by Gasteiger charge is -2.30. The van der Waals surface area contributed by atoms with Crippen molar-refractivity contribution >= 4 is 17.2 Å². The van der Waals surface area contributed by atoms with Gasteiger partial charge in [0.25, 0.3) is 5.91 Å². The molecule has 1 aromatic heterocycles. The van der Waals surface area contributed by atoms with Crippen LogP contribution < -0.4 is 9.47 Å². The molecule has 3 rings (SSSR count). The monoisotopic (exact) mass is 304 g/mol. The number of amides is 1. The molecule has 0 spiro atoms. The Labute approximate surface area is 127 Å². The van der Waals surface area contributed by atoms with Crippen molar-refractivity contribution in [2.75, 3.05) is 27.3 Å². The van der Waals surface area contributed by atoms with Gasteiger partial charge in [-0.2, -0.15) is 0 Å². The average molecular weight is 304 g/mol. The third kappa shape index (κ3) is 2.58. The highest BCUT2D eigenvalue weighted by molar-refractivity contribution is 7.13. The van der Waals surface area contributed by atoms with Gasteiger partial charge in [-0.1, -0.05) is 0 Å². The number of carbonyl (C=O) groups excluding carboxylic acids is 1. The SMILES string of the molecule is COc1ccc(-c2nc(C(=O)N3CCC3)cs2)cc1OC. The molecule has 21 heavy (non-hydrogen) atoms. The van der Waals surface area contributed by atoms with E-state index in [0.29, 0.717) is 17.2 Å².